The molecule has 3 heterocycles. The van der Waals surface area contributed by atoms with E-state index in [4.69, 9.17) is 11.6 Å². The number of nitrogens with zero attached hydrogens (tertiary/aromatic N) is 3. The van der Waals surface area contributed by atoms with Crippen molar-refractivity contribution in [1.82, 2.24) is 14.7 Å². The minimum absolute atomic E-state index is 0.0883. The van der Waals surface area contributed by atoms with Crippen LogP contribution in [0.5, 0.6) is 0 Å². The standard InChI is InChI=1S/C28H23ClN4O3/c1-3-22-23(27(35)33(30-22)21-13-7-12-20(29)15-21)24-25(31-14-8-9-18(2)16-31)28(36)32(26(24)34)17-19-10-5-4-6-11-19/h4-16H,3,17H2,1-2H3/p+1. The van der Waals surface area contributed by atoms with Crippen molar-refractivity contribution < 1.29 is 14.2 Å². The second-order valence-electron chi connectivity index (χ2n) is 8.63. The molecule has 0 radical (unpaired) electrons. The van der Waals surface area contributed by atoms with Gasteiger partial charge in [0.1, 0.15) is 5.57 Å². The summed E-state index contributed by atoms with van der Waals surface area (Å²) in [6.07, 6.45) is 3.95. The number of aryl methyl sites for hydroxylation is 2. The highest BCUT2D eigenvalue weighted by atomic mass is 35.5. The van der Waals surface area contributed by atoms with Crippen LogP contribution in [0.4, 0.5) is 0 Å². The van der Waals surface area contributed by atoms with E-state index in [-0.39, 0.29) is 23.4 Å². The molecule has 1 N–H and O–H groups in total. The highest BCUT2D eigenvalue weighted by Crippen LogP contribution is 2.31. The first-order valence-corrected chi connectivity index (χ1v) is 12.0. The third kappa shape index (κ3) is 4.07. The van der Waals surface area contributed by atoms with E-state index in [0.29, 0.717) is 22.8 Å². The first-order valence-electron chi connectivity index (χ1n) is 11.6. The average molecular weight is 500 g/mol. The van der Waals surface area contributed by atoms with Gasteiger partial charge in [-0.05, 0) is 43.2 Å². The van der Waals surface area contributed by atoms with Crippen LogP contribution in [0.2, 0.25) is 5.02 Å². The zero-order chi connectivity index (χ0) is 25.4. The Kier molecular flexibility index (Phi) is 6.16. The van der Waals surface area contributed by atoms with Crippen LogP contribution in [0.15, 0.2) is 83.9 Å². The molecule has 180 valence electrons. The van der Waals surface area contributed by atoms with Crippen molar-refractivity contribution >= 4 is 34.7 Å². The Hall–Kier alpha value is -4.23. The monoisotopic (exact) mass is 499 g/mol. The van der Waals surface area contributed by atoms with Crippen molar-refractivity contribution in [2.45, 2.75) is 26.8 Å². The number of imide groups is 1. The van der Waals surface area contributed by atoms with Gasteiger partial charge in [-0.2, -0.15) is 4.57 Å². The number of amides is 2. The summed E-state index contributed by atoms with van der Waals surface area (Å²) < 4.78 is 2.99. The van der Waals surface area contributed by atoms with Crippen LogP contribution in [0, 0.1) is 6.92 Å². The molecule has 2 amide bonds. The van der Waals surface area contributed by atoms with Gasteiger partial charge in [-0.15, -0.1) is 0 Å². The van der Waals surface area contributed by atoms with Gasteiger partial charge in [-0.1, -0.05) is 54.9 Å². The molecule has 0 atom stereocenters. The van der Waals surface area contributed by atoms with E-state index < -0.39 is 17.4 Å². The van der Waals surface area contributed by atoms with Crippen molar-refractivity contribution in [3.63, 3.8) is 0 Å². The molecule has 0 spiro atoms. The molecular formula is C28H24ClN4O3+. The SMILES string of the molecule is CCc1[nH]n(-c2cccc(Cl)c2)c(=O)c1C1=C([n+]2cccc(C)c2)C(=O)N(Cc2ccccc2)C1=O. The molecule has 0 saturated carbocycles. The third-order valence-corrected chi connectivity index (χ3v) is 6.40. The number of hydrogen-bond donors (Lipinski definition) is 1. The maximum atomic E-state index is 13.9. The van der Waals surface area contributed by atoms with Gasteiger partial charge in [0.25, 0.3) is 17.2 Å². The molecule has 4 aromatic rings. The molecule has 7 nitrogen and oxygen atoms in total. The first-order chi connectivity index (χ1) is 17.4. The molecule has 0 saturated heterocycles. The fraction of sp³-hybridized carbons (Fsp3) is 0.143. The predicted octanol–water partition coefficient (Wildman–Crippen LogP) is 3.91. The number of nitrogens with one attached hydrogen (secondary N) is 1. The number of carbonyl (C=O) groups excluding carboxylic acids is 2. The summed E-state index contributed by atoms with van der Waals surface area (Å²) in [5, 5.41) is 3.60. The fourth-order valence-electron chi connectivity index (χ4n) is 4.46. The Balaban J connectivity index is 1.73. The van der Waals surface area contributed by atoms with Crippen LogP contribution < -0.4 is 10.1 Å². The van der Waals surface area contributed by atoms with Crippen molar-refractivity contribution in [3.05, 3.63) is 117 Å². The summed E-state index contributed by atoms with van der Waals surface area (Å²) in [7, 11) is 0. The van der Waals surface area contributed by atoms with Crippen LogP contribution in [0.3, 0.4) is 0 Å². The summed E-state index contributed by atoms with van der Waals surface area (Å²) in [6.45, 7) is 3.89. The second kappa shape index (κ2) is 9.43. The van der Waals surface area contributed by atoms with E-state index in [0.717, 1.165) is 11.1 Å². The molecule has 1 aliphatic heterocycles. The number of benzene rings is 2. The molecule has 2 aromatic carbocycles. The minimum Gasteiger partial charge on any atom is -0.294 e. The lowest BCUT2D eigenvalue weighted by atomic mass is 10.0. The van der Waals surface area contributed by atoms with Gasteiger partial charge >= 0.3 is 5.91 Å². The lowest BCUT2D eigenvalue weighted by Gasteiger charge is -2.13. The predicted molar refractivity (Wildman–Crippen MR) is 137 cm³/mol. The number of pyridine rings is 1. The lowest BCUT2D eigenvalue weighted by Crippen LogP contribution is -2.39. The molecule has 0 bridgehead atoms. The normalized spacial score (nSPS) is 13.7. The molecule has 1 aliphatic rings. The fourth-order valence-corrected chi connectivity index (χ4v) is 4.65. The van der Waals surface area contributed by atoms with Gasteiger partial charge < -0.3 is 0 Å². The molecule has 36 heavy (non-hydrogen) atoms. The third-order valence-electron chi connectivity index (χ3n) is 6.17. The molecule has 8 heteroatoms. The van der Waals surface area contributed by atoms with Crippen LogP contribution in [-0.4, -0.2) is 26.5 Å². The Morgan fingerprint density at radius 1 is 0.944 bits per heavy atom. The number of halogens is 1. The van der Waals surface area contributed by atoms with E-state index in [1.165, 1.54) is 9.58 Å². The van der Waals surface area contributed by atoms with Crippen LogP contribution in [-0.2, 0) is 22.6 Å². The van der Waals surface area contributed by atoms with Crippen LogP contribution in [0.25, 0.3) is 17.0 Å². The zero-order valence-electron chi connectivity index (χ0n) is 19.9. The zero-order valence-corrected chi connectivity index (χ0v) is 20.6. The van der Waals surface area contributed by atoms with Crippen molar-refractivity contribution in [1.29, 1.82) is 0 Å². The maximum absolute atomic E-state index is 13.9. The number of rotatable bonds is 6. The van der Waals surface area contributed by atoms with Gasteiger partial charge in [0.15, 0.2) is 12.4 Å². The van der Waals surface area contributed by atoms with E-state index in [9.17, 15) is 14.4 Å². The molecule has 0 fully saturated rings. The number of aromatic nitrogens is 3. The number of carbonyl (C=O) groups is 2. The number of hydrogen-bond acceptors (Lipinski definition) is 3. The largest absolute Gasteiger partial charge is 0.327 e. The summed E-state index contributed by atoms with van der Waals surface area (Å²) in [5.74, 6) is -0.955. The summed E-state index contributed by atoms with van der Waals surface area (Å²) in [5.41, 5.74) is 2.84. The average Bonchev–Trinajstić information content (AvgIpc) is 3.32. The molecular weight excluding hydrogens is 476 g/mol. The minimum atomic E-state index is -0.503. The molecule has 0 unspecified atom stereocenters. The first kappa shape index (κ1) is 23.5. The Bertz CT molecular complexity index is 1580. The Labute approximate surface area is 212 Å². The molecule has 0 aliphatic carbocycles. The quantitative estimate of drug-likeness (QED) is 0.322. The van der Waals surface area contributed by atoms with Gasteiger partial charge in [0.2, 0.25) is 0 Å². The van der Waals surface area contributed by atoms with Crippen molar-refractivity contribution in [2.75, 3.05) is 0 Å². The van der Waals surface area contributed by atoms with Crippen LogP contribution in [0.1, 0.15) is 29.3 Å². The van der Waals surface area contributed by atoms with Gasteiger partial charge in [0, 0.05) is 22.3 Å². The van der Waals surface area contributed by atoms with Crippen molar-refractivity contribution in [3.8, 4) is 5.69 Å². The van der Waals surface area contributed by atoms with E-state index >= 15 is 0 Å². The van der Waals surface area contributed by atoms with Gasteiger partial charge in [-0.25, -0.2) is 4.68 Å². The van der Waals surface area contributed by atoms with Crippen molar-refractivity contribution in [2.24, 2.45) is 0 Å². The van der Waals surface area contributed by atoms with E-state index in [2.05, 4.69) is 5.10 Å². The topological polar surface area (TPSA) is 79.1 Å². The summed E-state index contributed by atoms with van der Waals surface area (Å²) >= 11 is 6.16. The lowest BCUT2D eigenvalue weighted by molar-refractivity contribution is -0.577. The van der Waals surface area contributed by atoms with Gasteiger partial charge in [0.05, 0.1) is 17.8 Å². The smallest absolute Gasteiger partial charge is 0.294 e. The maximum Gasteiger partial charge on any atom is 0.327 e. The summed E-state index contributed by atoms with van der Waals surface area (Å²) in [6, 6.07) is 19.9. The van der Waals surface area contributed by atoms with E-state index in [1.807, 2.05) is 50.2 Å². The van der Waals surface area contributed by atoms with Gasteiger partial charge in [-0.3, -0.25) is 24.4 Å². The van der Waals surface area contributed by atoms with Crippen LogP contribution >= 0.6 is 11.6 Å². The van der Waals surface area contributed by atoms with E-state index in [1.54, 1.807) is 47.3 Å². The summed E-state index contributed by atoms with van der Waals surface area (Å²) in [4.78, 5) is 42.6. The Morgan fingerprint density at radius 3 is 2.42 bits per heavy atom. The molecule has 5 rings (SSSR count). The highest BCUT2D eigenvalue weighted by Gasteiger charge is 2.47. The molecule has 2 aromatic heterocycles. The Morgan fingerprint density at radius 2 is 1.72 bits per heavy atom. The second-order valence-corrected chi connectivity index (χ2v) is 9.07. The number of aromatic amines is 1. The highest BCUT2D eigenvalue weighted by molar-refractivity contribution is 6.44. The number of H-pyrrole nitrogens is 1.